The number of thioether (sulfide) groups is 1. The number of hydrogen-bond acceptors (Lipinski definition) is 5. The Kier molecular flexibility index (Phi) is 11.0. The molecule has 5 aromatic rings. The van der Waals surface area contributed by atoms with Crippen LogP contribution in [0, 0.1) is 0 Å². The average Bonchev–Trinajstić information content (AvgIpc) is 3.09. The number of methoxy groups -OCH3 is 1. The van der Waals surface area contributed by atoms with Crippen LogP contribution >= 0.6 is 27.7 Å². The third-order valence-corrected chi connectivity index (χ3v) is 8.75. The molecule has 0 heterocycles. The van der Waals surface area contributed by atoms with E-state index in [1.165, 1.54) is 11.8 Å². The smallest absolute Gasteiger partial charge is 0.272 e. The van der Waals surface area contributed by atoms with Crippen molar-refractivity contribution in [2.45, 2.75) is 10.1 Å². The molecule has 5 aromatic carbocycles. The Morgan fingerprint density at radius 2 is 1.37 bits per heavy atom. The zero-order valence-electron chi connectivity index (χ0n) is 24.8. The Hall–Kier alpha value is -5.12. The molecule has 0 aromatic heterocycles. The number of halogens is 1. The van der Waals surface area contributed by atoms with Gasteiger partial charge in [0.1, 0.15) is 16.7 Å². The van der Waals surface area contributed by atoms with E-state index in [1.54, 1.807) is 73.8 Å². The van der Waals surface area contributed by atoms with Crippen molar-refractivity contribution in [1.29, 1.82) is 0 Å². The van der Waals surface area contributed by atoms with Crippen molar-refractivity contribution in [2.75, 3.05) is 17.7 Å². The molecule has 1 unspecified atom stereocenters. The molecule has 230 valence electrons. The van der Waals surface area contributed by atoms with Crippen LogP contribution in [0.1, 0.15) is 26.7 Å². The van der Waals surface area contributed by atoms with Crippen LogP contribution in [-0.2, 0) is 9.59 Å². The van der Waals surface area contributed by atoms with Gasteiger partial charge in [0.2, 0.25) is 5.91 Å². The number of carbonyl (C=O) groups is 3. The number of hydrogen-bond donors (Lipinski definition) is 3. The van der Waals surface area contributed by atoms with E-state index in [0.717, 1.165) is 14.9 Å². The molecule has 0 saturated carbocycles. The summed E-state index contributed by atoms with van der Waals surface area (Å²) in [6.45, 7) is 0. The van der Waals surface area contributed by atoms with Gasteiger partial charge < -0.3 is 20.7 Å². The van der Waals surface area contributed by atoms with Gasteiger partial charge in [0.15, 0.2) is 0 Å². The number of amides is 3. The van der Waals surface area contributed by atoms with Gasteiger partial charge >= 0.3 is 0 Å². The summed E-state index contributed by atoms with van der Waals surface area (Å²) < 4.78 is 6.02. The van der Waals surface area contributed by atoms with E-state index in [0.29, 0.717) is 28.3 Å². The van der Waals surface area contributed by atoms with Gasteiger partial charge in [0.25, 0.3) is 11.8 Å². The lowest BCUT2D eigenvalue weighted by atomic mass is 10.1. The summed E-state index contributed by atoms with van der Waals surface area (Å²) >= 11 is 4.90. The first-order chi connectivity index (χ1) is 22.4. The quantitative estimate of drug-likeness (QED) is 0.0956. The molecule has 0 bridgehead atoms. The molecule has 7 nitrogen and oxygen atoms in total. The van der Waals surface area contributed by atoms with Crippen LogP contribution in [0.15, 0.2) is 149 Å². The number of nitrogens with one attached hydrogen (secondary N) is 3. The fourth-order valence-electron chi connectivity index (χ4n) is 4.42. The Bertz CT molecular complexity index is 1830. The highest BCUT2D eigenvalue weighted by Crippen LogP contribution is 2.37. The van der Waals surface area contributed by atoms with Gasteiger partial charge in [-0.2, -0.15) is 0 Å². The Morgan fingerprint density at radius 3 is 2.02 bits per heavy atom. The number of anilines is 2. The van der Waals surface area contributed by atoms with Crippen molar-refractivity contribution in [1.82, 2.24) is 5.32 Å². The van der Waals surface area contributed by atoms with Crippen LogP contribution in [0.25, 0.3) is 6.08 Å². The molecule has 46 heavy (non-hydrogen) atoms. The third kappa shape index (κ3) is 8.74. The van der Waals surface area contributed by atoms with E-state index >= 15 is 0 Å². The maximum atomic E-state index is 13.5. The summed E-state index contributed by atoms with van der Waals surface area (Å²) in [6, 6.07) is 40.1. The number of carbonyl (C=O) groups excluding carboxylic acids is 3. The van der Waals surface area contributed by atoms with Gasteiger partial charge in [0.05, 0.1) is 12.8 Å². The van der Waals surface area contributed by atoms with Crippen molar-refractivity contribution in [2.24, 2.45) is 0 Å². The van der Waals surface area contributed by atoms with E-state index < -0.39 is 17.1 Å². The number of para-hydroxylation sites is 1. The summed E-state index contributed by atoms with van der Waals surface area (Å²) in [6.07, 6.45) is 1.61. The molecule has 0 saturated heterocycles. The zero-order valence-corrected chi connectivity index (χ0v) is 27.2. The minimum atomic E-state index is -0.527. The van der Waals surface area contributed by atoms with Crippen molar-refractivity contribution in [3.05, 3.63) is 160 Å². The molecule has 5 rings (SSSR count). The second-order valence-electron chi connectivity index (χ2n) is 10.0. The van der Waals surface area contributed by atoms with Crippen LogP contribution < -0.4 is 20.7 Å². The van der Waals surface area contributed by atoms with Crippen molar-refractivity contribution >= 4 is 62.9 Å². The molecular weight excluding hydrogens is 662 g/mol. The van der Waals surface area contributed by atoms with Crippen molar-refractivity contribution in [3.8, 4) is 5.75 Å². The molecule has 0 aliphatic carbocycles. The van der Waals surface area contributed by atoms with Gasteiger partial charge in [-0.1, -0.05) is 72.8 Å². The predicted molar refractivity (Wildman–Crippen MR) is 188 cm³/mol. The van der Waals surface area contributed by atoms with Crippen LogP contribution in [0.5, 0.6) is 5.75 Å². The second kappa shape index (κ2) is 15.7. The molecular formula is C37H30BrN3O4S. The highest BCUT2D eigenvalue weighted by molar-refractivity contribution is 9.10. The number of ether oxygens (including phenoxy) is 1. The molecule has 0 radical (unpaired) electrons. The van der Waals surface area contributed by atoms with Crippen LogP contribution in [0.2, 0.25) is 0 Å². The van der Waals surface area contributed by atoms with Crippen molar-refractivity contribution < 1.29 is 19.1 Å². The van der Waals surface area contributed by atoms with E-state index in [4.69, 9.17) is 4.74 Å². The largest absolute Gasteiger partial charge is 0.497 e. The topological polar surface area (TPSA) is 96.5 Å². The molecule has 9 heteroatoms. The van der Waals surface area contributed by atoms with Crippen LogP contribution in [0.3, 0.4) is 0 Å². The molecule has 1 atom stereocenters. The second-order valence-corrected chi connectivity index (χ2v) is 12.0. The monoisotopic (exact) mass is 691 g/mol. The van der Waals surface area contributed by atoms with Gasteiger partial charge in [-0.15, -0.1) is 11.8 Å². The first-order valence-corrected chi connectivity index (χ1v) is 16.0. The van der Waals surface area contributed by atoms with Crippen molar-refractivity contribution in [3.63, 3.8) is 0 Å². The highest BCUT2D eigenvalue weighted by Gasteiger charge is 2.23. The lowest BCUT2D eigenvalue weighted by Crippen LogP contribution is -2.30. The van der Waals surface area contributed by atoms with Gasteiger partial charge in [0, 0.05) is 20.6 Å². The Morgan fingerprint density at radius 1 is 0.739 bits per heavy atom. The van der Waals surface area contributed by atoms with Gasteiger partial charge in [-0.05, 0) is 93.8 Å². The van der Waals surface area contributed by atoms with Crippen LogP contribution in [0.4, 0.5) is 11.4 Å². The third-order valence-electron chi connectivity index (χ3n) is 6.79. The predicted octanol–water partition coefficient (Wildman–Crippen LogP) is 8.34. The molecule has 3 amide bonds. The lowest BCUT2D eigenvalue weighted by molar-refractivity contribution is -0.116. The van der Waals surface area contributed by atoms with Gasteiger partial charge in [-0.25, -0.2) is 0 Å². The molecule has 3 N–H and O–H groups in total. The minimum Gasteiger partial charge on any atom is -0.497 e. The molecule has 0 spiro atoms. The average molecular weight is 693 g/mol. The van der Waals surface area contributed by atoms with E-state index in [1.807, 2.05) is 72.8 Å². The zero-order chi connectivity index (χ0) is 32.3. The summed E-state index contributed by atoms with van der Waals surface area (Å²) in [5.74, 6) is -0.386. The van der Waals surface area contributed by atoms with Crippen LogP contribution in [-0.4, -0.2) is 24.8 Å². The molecule has 0 aliphatic heterocycles. The fourth-order valence-corrected chi connectivity index (χ4v) is 5.83. The fraction of sp³-hybridized carbons (Fsp3) is 0.0541. The van der Waals surface area contributed by atoms with E-state index in [-0.39, 0.29) is 11.6 Å². The Balaban J connectivity index is 1.33. The SMILES string of the molecule is COc1ccc(/C=C(\NC(=O)c2ccccc2)C(=O)Nc2ccc(SC(C(=O)Nc3ccccc3Br)c3ccccc3)cc2)cc1. The summed E-state index contributed by atoms with van der Waals surface area (Å²) in [5.41, 5.74) is 3.28. The standard InChI is InChI=1S/C37H30BrN3O4S/c1-45-29-20-16-25(17-21-29)24-33(41-35(42)27-12-6-3-7-13-27)36(43)39-28-18-22-30(23-19-28)46-34(26-10-4-2-5-11-26)37(44)40-32-15-9-8-14-31(32)38/h2-24,34H,1H3,(H,39,43)(H,40,44)(H,41,42)/b33-24-. The number of benzene rings is 5. The molecule has 0 fully saturated rings. The van der Waals surface area contributed by atoms with E-state index in [9.17, 15) is 14.4 Å². The van der Waals surface area contributed by atoms with Gasteiger partial charge in [-0.3, -0.25) is 14.4 Å². The number of rotatable bonds is 11. The highest BCUT2D eigenvalue weighted by atomic mass is 79.9. The first-order valence-electron chi connectivity index (χ1n) is 14.3. The summed E-state index contributed by atoms with van der Waals surface area (Å²) in [4.78, 5) is 40.7. The normalized spacial score (nSPS) is 11.7. The lowest BCUT2D eigenvalue weighted by Gasteiger charge is -2.18. The minimum absolute atomic E-state index is 0.0744. The summed E-state index contributed by atoms with van der Waals surface area (Å²) in [7, 11) is 1.58. The van der Waals surface area contributed by atoms with E-state index in [2.05, 4.69) is 31.9 Å². The Labute approximate surface area is 280 Å². The molecule has 0 aliphatic rings. The maximum absolute atomic E-state index is 13.5. The first kappa shape index (κ1) is 32.3. The maximum Gasteiger partial charge on any atom is 0.272 e. The summed E-state index contributed by atoms with van der Waals surface area (Å²) in [5, 5.41) is 8.12.